The monoisotopic (exact) mass is 461 g/mol. The van der Waals surface area contributed by atoms with Gasteiger partial charge < -0.3 is 14.5 Å². The number of carbonyl (C=O) groups excluding carboxylic acids is 3. The minimum Gasteiger partial charge on any atom is -0.445 e. The number of Topliss-reactive ketones (excluding diaryl/α,β-unsaturated/α-hetero) is 1. The van der Waals surface area contributed by atoms with E-state index >= 15 is 0 Å². The molecule has 0 bridgehead atoms. The molecule has 0 spiro atoms. The van der Waals surface area contributed by atoms with Crippen LogP contribution < -0.4 is 4.90 Å². The maximum atomic E-state index is 12.6. The number of ketones is 1. The second-order valence-electron chi connectivity index (χ2n) is 9.46. The fraction of sp³-hybridized carbons (Fsp3) is 0.444. The molecule has 3 aliphatic rings. The van der Waals surface area contributed by atoms with Crippen molar-refractivity contribution in [1.29, 1.82) is 0 Å². The van der Waals surface area contributed by atoms with Gasteiger partial charge in [0.1, 0.15) is 6.61 Å². The summed E-state index contributed by atoms with van der Waals surface area (Å²) in [5, 5.41) is 0. The molecule has 7 heteroatoms. The van der Waals surface area contributed by atoms with Gasteiger partial charge in [-0.1, -0.05) is 42.5 Å². The molecule has 0 radical (unpaired) electrons. The van der Waals surface area contributed by atoms with Gasteiger partial charge in [0, 0.05) is 56.5 Å². The van der Waals surface area contributed by atoms with Gasteiger partial charge in [-0.05, 0) is 37.1 Å². The van der Waals surface area contributed by atoms with E-state index in [-0.39, 0.29) is 30.6 Å². The molecule has 2 atom stereocenters. The summed E-state index contributed by atoms with van der Waals surface area (Å²) in [5.41, 5.74) is 2.40. The summed E-state index contributed by atoms with van der Waals surface area (Å²) in [6.07, 6.45) is 2.19. The number of carbonyl (C=O) groups is 3. The van der Waals surface area contributed by atoms with E-state index in [1.165, 1.54) is 0 Å². The number of amides is 2. The van der Waals surface area contributed by atoms with Gasteiger partial charge in [0.05, 0.1) is 5.69 Å². The van der Waals surface area contributed by atoms with E-state index in [4.69, 9.17) is 4.74 Å². The molecular weight excluding hydrogens is 430 g/mol. The Kier molecular flexibility index (Phi) is 6.63. The number of ether oxygens (including phenoxy) is 1. The molecule has 3 aliphatic heterocycles. The summed E-state index contributed by atoms with van der Waals surface area (Å²) in [4.78, 5) is 43.5. The van der Waals surface area contributed by atoms with Crippen molar-refractivity contribution >= 4 is 23.5 Å². The average molecular weight is 462 g/mol. The summed E-state index contributed by atoms with van der Waals surface area (Å²) in [7, 11) is 0. The van der Waals surface area contributed by atoms with Gasteiger partial charge in [-0.25, -0.2) is 4.79 Å². The van der Waals surface area contributed by atoms with Crippen LogP contribution in [0.1, 0.15) is 41.6 Å². The second kappa shape index (κ2) is 9.97. The fourth-order valence-electron chi connectivity index (χ4n) is 5.36. The zero-order valence-corrected chi connectivity index (χ0v) is 19.4. The molecule has 0 aromatic heterocycles. The number of para-hydroxylation sites is 1. The lowest BCUT2D eigenvalue weighted by molar-refractivity contribution is -0.118. The zero-order chi connectivity index (χ0) is 23.5. The van der Waals surface area contributed by atoms with Crippen molar-refractivity contribution in [2.75, 3.05) is 37.6 Å². The van der Waals surface area contributed by atoms with E-state index in [1.807, 2.05) is 59.5 Å². The SMILES string of the molecule is O=C1CCC(=O)N(CCCCN2C[C@H]3CN(C(=O)OCc4ccccc4)C[C@H]32)c2ccccc21. The third-order valence-electron chi connectivity index (χ3n) is 7.25. The topological polar surface area (TPSA) is 70.2 Å². The number of hydrogen-bond donors (Lipinski definition) is 0. The van der Waals surface area contributed by atoms with Gasteiger partial charge >= 0.3 is 6.09 Å². The lowest BCUT2D eigenvalue weighted by Gasteiger charge is -2.43. The van der Waals surface area contributed by atoms with Crippen molar-refractivity contribution in [2.24, 2.45) is 5.92 Å². The van der Waals surface area contributed by atoms with Crippen LogP contribution in [0.2, 0.25) is 0 Å². The molecule has 2 fully saturated rings. The zero-order valence-electron chi connectivity index (χ0n) is 19.4. The molecule has 3 heterocycles. The first-order chi connectivity index (χ1) is 16.6. The molecule has 2 amide bonds. The van der Waals surface area contributed by atoms with Crippen LogP contribution in [0.4, 0.5) is 10.5 Å². The van der Waals surface area contributed by atoms with Crippen molar-refractivity contribution < 1.29 is 19.1 Å². The molecule has 7 nitrogen and oxygen atoms in total. The smallest absolute Gasteiger partial charge is 0.410 e. The number of likely N-dealkylation sites (tertiary alicyclic amines) is 2. The lowest BCUT2D eigenvalue weighted by atomic mass is 9.92. The van der Waals surface area contributed by atoms with Gasteiger partial charge in [-0.3, -0.25) is 14.5 Å². The number of hydrogen-bond acceptors (Lipinski definition) is 5. The Morgan fingerprint density at radius 1 is 0.882 bits per heavy atom. The predicted octanol–water partition coefficient (Wildman–Crippen LogP) is 3.73. The average Bonchev–Trinajstić information content (AvgIpc) is 3.14. The van der Waals surface area contributed by atoms with Crippen molar-refractivity contribution in [3.63, 3.8) is 0 Å². The number of fused-ring (bicyclic) bond motifs is 2. The molecule has 0 N–H and O–H groups in total. The van der Waals surface area contributed by atoms with Crippen molar-refractivity contribution in [1.82, 2.24) is 9.80 Å². The molecule has 34 heavy (non-hydrogen) atoms. The van der Waals surface area contributed by atoms with Gasteiger partial charge in [-0.2, -0.15) is 0 Å². The van der Waals surface area contributed by atoms with Crippen LogP contribution in [0.15, 0.2) is 54.6 Å². The molecule has 2 saturated heterocycles. The van der Waals surface area contributed by atoms with Crippen molar-refractivity contribution in [3.05, 3.63) is 65.7 Å². The van der Waals surface area contributed by atoms with E-state index in [0.717, 1.165) is 50.3 Å². The summed E-state index contributed by atoms with van der Waals surface area (Å²) < 4.78 is 5.50. The van der Waals surface area contributed by atoms with E-state index < -0.39 is 0 Å². The van der Waals surface area contributed by atoms with Crippen LogP contribution in [0, 0.1) is 5.92 Å². The predicted molar refractivity (Wildman–Crippen MR) is 129 cm³/mol. The van der Waals surface area contributed by atoms with E-state index in [1.54, 1.807) is 4.90 Å². The Balaban J connectivity index is 1.07. The minimum atomic E-state index is -0.230. The van der Waals surface area contributed by atoms with E-state index in [2.05, 4.69) is 4.90 Å². The quantitative estimate of drug-likeness (QED) is 0.588. The summed E-state index contributed by atoms with van der Waals surface area (Å²) in [6.45, 7) is 4.38. The first-order valence-electron chi connectivity index (χ1n) is 12.2. The Hall–Kier alpha value is -3.19. The highest BCUT2D eigenvalue weighted by Crippen LogP contribution is 2.33. The summed E-state index contributed by atoms with van der Waals surface area (Å²) in [5.74, 6) is 0.600. The third-order valence-corrected chi connectivity index (χ3v) is 7.25. The van der Waals surface area contributed by atoms with Crippen LogP contribution in [0.5, 0.6) is 0 Å². The third kappa shape index (κ3) is 4.71. The number of rotatable bonds is 7. The number of anilines is 1. The highest BCUT2D eigenvalue weighted by Gasteiger charge is 2.46. The fourth-order valence-corrected chi connectivity index (χ4v) is 5.36. The Morgan fingerprint density at radius 2 is 1.65 bits per heavy atom. The van der Waals surface area contributed by atoms with Crippen LogP contribution in [0.25, 0.3) is 0 Å². The molecule has 2 aromatic carbocycles. The van der Waals surface area contributed by atoms with Gasteiger partial charge in [0.2, 0.25) is 5.91 Å². The summed E-state index contributed by atoms with van der Waals surface area (Å²) in [6, 6.07) is 17.6. The Bertz CT molecular complexity index is 1060. The Labute approximate surface area is 200 Å². The minimum absolute atomic E-state index is 0.0303. The normalized spacial score (nSPS) is 22.1. The highest BCUT2D eigenvalue weighted by atomic mass is 16.6. The molecule has 2 aromatic rings. The van der Waals surface area contributed by atoms with E-state index in [0.29, 0.717) is 30.7 Å². The van der Waals surface area contributed by atoms with Crippen LogP contribution >= 0.6 is 0 Å². The lowest BCUT2D eigenvalue weighted by Crippen LogP contribution is -2.55. The van der Waals surface area contributed by atoms with Gasteiger partial charge in [0.15, 0.2) is 5.78 Å². The van der Waals surface area contributed by atoms with Crippen molar-refractivity contribution in [2.45, 2.75) is 38.3 Å². The molecule has 0 unspecified atom stereocenters. The van der Waals surface area contributed by atoms with Crippen LogP contribution in [-0.4, -0.2) is 66.3 Å². The molecule has 5 rings (SSSR count). The maximum absolute atomic E-state index is 12.6. The van der Waals surface area contributed by atoms with Gasteiger partial charge in [-0.15, -0.1) is 0 Å². The number of unbranched alkanes of at least 4 members (excludes halogenated alkanes) is 1. The summed E-state index contributed by atoms with van der Waals surface area (Å²) >= 11 is 0. The van der Waals surface area contributed by atoms with Crippen LogP contribution in [-0.2, 0) is 16.1 Å². The largest absolute Gasteiger partial charge is 0.445 e. The van der Waals surface area contributed by atoms with Crippen molar-refractivity contribution in [3.8, 4) is 0 Å². The number of nitrogens with zero attached hydrogens (tertiary/aromatic N) is 3. The standard InChI is InChI=1S/C27H31N3O4/c31-25-12-13-26(32)30(23-11-5-4-10-22(23)25)15-7-6-14-28-16-21-17-29(18-24(21)28)27(33)34-19-20-8-2-1-3-9-20/h1-5,8-11,21,24H,6-7,12-19H2/t21-,24+/m0/s1. The Morgan fingerprint density at radius 3 is 2.50 bits per heavy atom. The number of benzene rings is 2. The molecule has 178 valence electrons. The molecular formula is C27H31N3O4. The first-order valence-corrected chi connectivity index (χ1v) is 12.2. The molecule has 0 saturated carbocycles. The highest BCUT2D eigenvalue weighted by molar-refractivity contribution is 6.10. The van der Waals surface area contributed by atoms with Crippen LogP contribution in [0.3, 0.4) is 0 Å². The maximum Gasteiger partial charge on any atom is 0.410 e. The second-order valence-corrected chi connectivity index (χ2v) is 9.46. The first kappa shape index (κ1) is 22.6. The van der Waals surface area contributed by atoms with Gasteiger partial charge in [0.25, 0.3) is 0 Å². The van der Waals surface area contributed by atoms with E-state index in [9.17, 15) is 14.4 Å². The molecule has 0 aliphatic carbocycles.